The molecule has 1 atom stereocenters. The number of nitrogens with zero attached hydrogens (tertiary/aromatic N) is 1. The zero-order chi connectivity index (χ0) is 14.6. The van der Waals surface area contributed by atoms with Crippen LogP contribution in [0.5, 0.6) is 0 Å². The van der Waals surface area contributed by atoms with Crippen molar-refractivity contribution in [1.29, 1.82) is 0 Å². The smallest absolute Gasteiger partial charge is 0.396 e. The molecule has 1 aliphatic rings. The molecule has 2 rings (SSSR count). The fourth-order valence-corrected chi connectivity index (χ4v) is 2.33. The van der Waals surface area contributed by atoms with Crippen LogP contribution in [-0.4, -0.2) is 49.5 Å². The van der Waals surface area contributed by atoms with Crippen LogP contribution in [0.2, 0.25) is 0 Å². The summed E-state index contributed by atoms with van der Waals surface area (Å²) in [5.74, 6) is -0.310. The van der Waals surface area contributed by atoms with E-state index in [-0.39, 0.29) is 12.5 Å². The van der Waals surface area contributed by atoms with Crippen molar-refractivity contribution >= 4 is 0 Å². The maximum absolute atomic E-state index is 12.7. The molecule has 0 saturated carbocycles. The Balaban J connectivity index is 2.10. The topological polar surface area (TPSA) is 32.7 Å². The Morgan fingerprint density at radius 2 is 1.95 bits per heavy atom. The molecule has 1 aromatic rings. The molecule has 6 heteroatoms. The second kappa shape index (κ2) is 6.56. The first-order chi connectivity index (χ1) is 9.50. The lowest BCUT2D eigenvalue weighted by atomic mass is 9.97. The molecule has 0 amide bonds. The molecule has 0 aromatic heterocycles. The zero-order valence-corrected chi connectivity index (χ0v) is 11.1. The van der Waals surface area contributed by atoms with Gasteiger partial charge in [-0.15, -0.1) is 0 Å². The average Bonchev–Trinajstić information content (AvgIpc) is 2.45. The highest BCUT2D eigenvalue weighted by atomic mass is 19.4. The van der Waals surface area contributed by atoms with E-state index in [1.807, 2.05) is 0 Å². The average molecular weight is 289 g/mol. The van der Waals surface area contributed by atoms with Crippen LogP contribution in [-0.2, 0) is 10.9 Å². The third kappa shape index (κ3) is 3.94. The molecule has 1 heterocycles. The van der Waals surface area contributed by atoms with E-state index >= 15 is 0 Å². The molecule has 0 radical (unpaired) electrons. The van der Waals surface area contributed by atoms with Gasteiger partial charge in [0.1, 0.15) is 0 Å². The number of morpholine rings is 1. The molecule has 0 bridgehead atoms. The molecule has 0 spiro atoms. The number of alkyl halides is 3. The van der Waals surface area contributed by atoms with Crippen molar-refractivity contribution in [2.75, 3.05) is 39.5 Å². The second-order valence-electron chi connectivity index (χ2n) is 4.92. The molecule has 0 aliphatic carbocycles. The molecular weight excluding hydrogens is 271 g/mol. The molecule has 20 heavy (non-hydrogen) atoms. The van der Waals surface area contributed by atoms with Crippen LogP contribution in [0.1, 0.15) is 17.0 Å². The molecule has 3 nitrogen and oxygen atoms in total. The number of hydrogen-bond donors (Lipinski definition) is 1. The minimum atomic E-state index is -4.35. The van der Waals surface area contributed by atoms with E-state index < -0.39 is 11.7 Å². The first-order valence-electron chi connectivity index (χ1n) is 6.59. The van der Waals surface area contributed by atoms with Crippen molar-refractivity contribution in [3.63, 3.8) is 0 Å². The summed E-state index contributed by atoms with van der Waals surface area (Å²) in [6.07, 6.45) is -4.35. The molecule has 112 valence electrons. The van der Waals surface area contributed by atoms with Crippen LogP contribution in [0.4, 0.5) is 13.2 Å². The molecule has 1 N–H and O–H groups in total. The number of ether oxygens (including phenoxy) is 1. The number of hydrogen-bond acceptors (Lipinski definition) is 3. The standard InChI is InChI=1S/C14H18F3NO2/c15-14(16,17)13-3-1-2-11(8-13)12(10-19)9-18-4-6-20-7-5-18/h1-3,8,12,19H,4-7,9-10H2. The molecule has 1 saturated heterocycles. The SMILES string of the molecule is OCC(CN1CCOCC1)c1cccc(C(F)(F)F)c1. The van der Waals surface area contributed by atoms with Gasteiger partial charge in [-0.1, -0.05) is 18.2 Å². The van der Waals surface area contributed by atoms with E-state index in [9.17, 15) is 18.3 Å². The molecule has 1 aliphatic heterocycles. The second-order valence-corrected chi connectivity index (χ2v) is 4.92. The summed E-state index contributed by atoms with van der Waals surface area (Å²) in [7, 11) is 0. The Morgan fingerprint density at radius 1 is 1.25 bits per heavy atom. The van der Waals surface area contributed by atoms with Crippen LogP contribution in [0.3, 0.4) is 0 Å². The number of benzene rings is 1. The Labute approximate surface area is 116 Å². The van der Waals surface area contributed by atoms with Crippen LogP contribution in [0.15, 0.2) is 24.3 Å². The Kier molecular flexibility index (Phi) is 5.01. The van der Waals surface area contributed by atoms with E-state index in [1.165, 1.54) is 6.07 Å². The lowest BCUT2D eigenvalue weighted by molar-refractivity contribution is -0.137. The molecule has 1 aromatic carbocycles. The summed E-state index contributed by atoms with van der Waals surface area (Å²) in [5, 5.41) is 9.46. The number of rotatable bonds is 4. The lowest BCUT2D eigenvalue weighted by Gasteiger charge is -2.30. The number of aliphatic hydroxyl groups excluding tert-OH is 1. The van der Waals surface area contributed by atoms with Gasteiger partial charge in [0.2, 0.25) is 0 Å². The van der Waals surface area contributed by atoms with Gasteiger partial charge in [0.25, 0.3) is 0 Å². The fraction of sp³-hybridized carbons (Fsp3) is 0.571. The van der Waals surface area contributed by atoms with E-state index in [2.05, 4.69) is 4.90 Å². The van der Waals surface area contributed by atoms with Gasteiger partial charge in [-0.2, -0.15) is 13.2 Å². The fourth-order valence-electron chi connectivity index (χ4n) is 2.33. The van der Waals surface area contributed by atoms with Gasteiger partial charge in [0.05, 0.1) is 25.4 Å². The zero-order valence-electron chi connectivity index (χ0n) is 11.1. The summed E-state index contributed by atoms with van der Waals surface area (Å²) < 4.78 is 43.3. The Bertz CT molecular complexity index is 431. The monoisotopic (exact) mass is 289 g/mol. The van der Waals surface area contributed by atoms with Crippen LogP contribution >= 0.6 is 0 Å². The first kappa shape index (κ1) is 15.3. The summed E-state index contributed by atoms with van der Waals surface area (Å²) in [6, 6.07) is 5.20. The first-order valence-corrected chi connectivity index (χ1v) is 6.59. The molecule has 1 fully saturated rings. The van der Waals surface area contributed by atoms with Gasteiger partial charge in [-0.3, -0.25) is 4.90 Å². The highest BCUT2D eigenvalue weighted by Crippen LogP contribution is 2.31. The maximum Gasteiger partial charge on any atom is 0.416 e. The Morgan fingerprint density at radius 3 is 2.55 bits per heavy atom. The lowest BCUT2D eigenvalue weighted by Crippen LogP contribution is -2.39. The molecule has 1 unspecified atom stereocenters. The minimum absolute atomic E-state index is 0.168. The normalized spacial score (nSPS) is 19.0. The third-order valence-corrected chi connectivity index (χ3v) is 3.49. The van der Waals surface area contributed by atoms with E-state index in [4.69, 9.17) is 4.74 Å². The van der Waals surface area contributed by atoms with Gasteiger partial charge < -0.3 is 9.84 Å². The highest BCUT2D eigenvalue weighted by molar-refractivity contribution is 5.28. The van der Waals surface area contributed by atoms with Gasteiger partial charge in [0.15, 0.2) is 0 Å². The summed E-state index contributed by atoms with van der Waals surface area (Å²) >= 11 is 0. The maximum atomic E-state index is 12.7. The number of halogens is 3. The van der Waals surface area contributed by atoms with Gasteiger partial charge >= 0.3 is 6.18 Å². The van der Waals surface area contributed by atoms with Crippen LogP contribution in [0, 0.1) is 0 Å². The summed E-state index contributed by atoms with van der Waals surface area (Å²) in [5.41, 5.74) is -0.149. The minimum Gasteiger partial charge on any atom is -0.396 e. The quantitative estimate of drug-likeness (QED) is 0.921. The van der Waals surface area contributed by atoms with Crippen molar-refractivity contribution in [1.82, 2.24) is 4.90 Å². The van der Waals surface area contributed by atoms with E-state index in [0.29, 0.717) is 25.3 Å². The highest BCUT2D eigenvalue weighted by Gasteiger charge is 2.31. The number of aliphatic hydroxyl groups is 1. The van der Waals surface area contributed by atoms with Crippen LogP contribution in [0.25, 0.3) is 0 Å². The van der Waals surface area contributed by atoms with Gasteiger partial charge in [-0.25, -0.2) is 0 Å². The Hall–Kier alpha value is -1.11. The largest absolute Gasteiger partial charge is 0.416 e. The van der Waals surface area contributed by atoms with Gasteiger partial charge in [-0.05, 0) is 11.6 Å². The van der Waals surface area contributed by atoms with Crippen molar-refractivity contribution in [2.24, 2.45) is 0 Å². The van der Waals surface area contributed by atoms with Crippen LogP contribution < -0.4 is 0 Å². The van der Waals surface area contributed by atoms with E-state index in [0.717, 1.165) is 25.2 Å². The van der Waals surface area contributed by atoms with Crippen molar-refractivity contribution in [2.45, 2.75) is 12.1 Å². The third-order valence-electron chi connectivity index (χ3n) is 3.49. The van der Waals surface area contributed by atoms with Crippen molar-refractivity contribution in [3.8, 4) is 0 Å². The van der Waals surface area contributed by atoms with Crippen molar-refractivity contribution < 1.29 is 23.0 Å². The van der Waals surface area contributed by atoms with Gasteiger partial charge in [0, 0.05) is 25.6 Å². The van der Waals surface area contributed by atoms with Crippen molar-refractivity contribution in [3.05, 3.63) is 35.4 Å². The van der Waals surface area contributed by atoms with E-state index in [1.54, 1.807) is 6.07 Å². The molecular formula is C14H18F3NO2. The summed E-state index contributed by atoms with van der Waals surface area (Å²) in [6.45, 7) is 3.12. The predicted molar refractivity (Wildman–Crippen MR) is 68.5 cm³/mol. The summed E-state index contributed by atoms with van der Waals surface area (Å²) in [4.78, 5) is 2.10. The predicted octanol–water partition coefficient (Wildman–Crippen LogP) is 2.11.